The number of likely N-dealkylation sites (tertiary alicyclic amines) is 2. The molecule has 2 aliphatic heterocycles. The van der Waals surface area contributed by atoms with Gasteiger partial charge in [0, 0.05) is 37.3 Å². The molecule has 2 aromatic rings. The summed E-state index contributed by atoms with van der Waals surface area (Å²) >= 11 is 0. The first kappa shape index (κ1) is 23.6. The highest BCUT2D eigenvalue weighted by molar-refractivity contribution is 5.83. The molecule has 0 radical (unpaired) electrons. The lowest BCUT2D eigenvalue weighted by molar-refractivity contribution is -0.147. The molecule has 1 amide bonds. The highest BCUT2D eigenvalue weighted by Gasteiger charge is 2.46. The van der Waals surface area contributed by atoms with Crippen molar-refractivity contribution in [2.45, 2.75) is 51.4 Å². The summed E-state index contributed by atoms with van der Waals surface area (Å²) in [6, 6.07) is 8.66. The van der Waals surface area contributed by atoms with Crippen LogP contribution >= 0.6 is 0 Å². The number of nitrogens with zero attached hydrogens (tertiary/aromatic N) is 4. The van der Waals surface area contributed by atoms with Gasteiger partial charge in [0.2, 0.25) is 5.91 Å². The fourth-order valence-electron chi connectivity index (χ4n) is 5.45. The standard InChI is InChI=1S/C26H36FN5O/c1-19-15-22(28-3)30-23(29-19)25(2)9-6-12-32(18-25)24(33)26(10-13-31(4)14-11-26)17-20-7-5-8-21(27)16-20/h5,7-8,15-16H,6,9-14,17-18H2,1-4H3,(H,28,29,30)/t25-/m1/s1. The third-order valence-corrected chi connectivity index (χ3v) is 7.46. The number of rotatable bonds is 5. The number of amides is 1. The van der Waals surface area contributed by atoms with Crippen molar-refractivity contribution in [1.29, 1.82) is 0 Å². The lowest BCUT2D eigenvalue weighted by Crippen LogP contribution is -2.55. The summed E-state index contributed by atoms with van der Waals surface area (Å²) in [5.41, 5.74) is 1.03. The quantitative estimate of drug-likeness (QED) is 0.746. The Labute approximate surface area is 196 Å². The van der Waals surface area contributed by atoms with Crippen molar-refractivity contribution < 1.29 is 9.18 Å². The average Bonchev–Trinajstić information content (AvgIpc) is 2.80. The zero-order valence-electron chi connectivity index (χ0n) is 20.3. The summed E-state index contributed by atoms with van der Waals surface area (Å²) in [6.07, 6.45) is 4.02. The van der Waals surface area contributed by atoms with Crippen LogP contribution in [0.2, 0.25) is 0 Å². The van der Waals surface area contributed by atoms with Gasteiger partial charge in [-0.05, 0) is 76.9 Å². The third kappa shape index (κ3) is 5.03. The van der Waals surface area contributed by atoms with E-state index in [4.69, 9.17) is 9.97 Å². The van der Waals surface area contributed by atoms with Crippen LogP contribution in [0.3, 0.4) is 0 Å². The Morgan fingerprint density at radius 2 is 1.91 bits per heavy atom. The molecule has 7 heteroatoms. The molecule has 2 saturated heterocycles. The Kier molecular flexibility index (Phi) is 6.71. The first-order valence-corrected chi connectivity index (χ1v) is 12.0. The SMILES string of the molecule is CNc1cc(C)nc([C@]2(C)CCCN(C(=O)C3(Cc4cccc(F)c4)CCN(C)CC3)C2)n1. The molecule has 1 atom stereocenters. The van der Waals surface area contributed by atoms with E-state index in [1.165, 1.54) is 6.07 Å². The van der Waals surface area contributed by atoms with Crippen LogP contribution in [0, 0.1) is 18.2 Å². The summed E-state index contributed by atoms with van der Waals surface area (Å²) in [5.74, 6) is 1.56. The second kappa shape index (κ2) is 9.37. The summed E-state index contributed by atoms with van der Waals surface area (Å²) in [5, 5.41) is 3.13. The Morgan fingerprint density at radius 1 is 1.15 bits per heavy atom. The number of carbonyl (C=O) groups excluding carboxylic acids is 1. The number of carbonyl (C=O) groups is 1. The first-order valence-electron chi connectivity index (χ1n) is 12.0. The molecule has 178 valence electrons. The lowest BCUT2D eigenvalue weighted by Gasteiger charge is -2.46. The predicted octanol–water partition coefficient (Wildman–Crippen LogP) is 3.80. The molecule has 2 aliphatic rings. The molecular formula is C26H36FN5O. The van der Waals surface area contributed by atoms with Crippen molar-refractivity contribution in [3.8, 4) is 0 Å². The number of aromatic nitrogens is 2. The summed E-state index contributed by atoms with van der Waals surface area (Å²) < 4.78 is 13.9. The second-order valence-corrected chi connectivity index (χ2v) is 10.2. The van der Waals surface area contributed by atoms with Gasteiger partial charge in [0.15, 0.2) is 0 Å². The second-order valence-electron chi connectivity index (χ2n) is 10.2. The monoisotopic (exact) mass is 453 g/mol. The van der Waals surface area contributed by atoms with Crippen LogP contribution in [-0.4, -0.2) is 65.9 Å². The molecule has 0 spiro atoms. The fraction of sp³-hybridized carbons (Fsp3) is 0.577. The molecule has 3 heterocycles. The number of hydrogen-bond donors (Lipinski definition) is 1. The Morgan fingerprint density at radius 3 is 2.61 bits per heavy atom. The molecular weight excluding hydrogens is 417 g/mol. The van der Waals surface area contributed by atoms with Crippen LogP contribution in [0.1, 0.15) is 49.7 Å². The van der Waals surface area contributed by atoms with E-state index >= 15 is 0 Å². The van der Waals surface area contributed by atoms with Crippen molar-refractivity contribution in [3.63, 3.8) is 0 Å². The van der Waals surface area contributed by atoms with Gasteiger partial charge in [-0.1, -0.05) is 19.1 Å². The Balaban J connectivity index is 1.61. The molecule has 0 saturated carbocycles. The minimum absolute atomic E-state index is 0.201. The van der Waals surface area contributed by atoms with Gasteiger partial charge in [-0.2, -0.15) is 0 Å². The molecule has 2 fully saturated rings. The van der Waals surface area contributed by atoms with Crippen molar-refractivity contribution in [3.05, 3.63) is 53.2 Å². The highest BCUT2D eigenvalue weighted by Crippen LogP contribution is 2.40. The zero-order chi connectivity index (χ0) is 23.6. The topological polar surface area (TPSA) is 61.4 Å². The van der Waals surface area contributed by atoms with Gasteiger partial charge in [-0.25, -0.2) is 14.4 Å². The van der Waals surface area contributed by atoms with E-state index in [2.05, 4.69) is 24.2 Å². The van der Waals surface area contributed by atoms with Crippen LogP contribution in [0.25, 0.3) is 0 Å². The van der Waals surface area contributed by atoms with Crippen LogP contribution in [0.15, 0.2) is 30.3 Å². The van der Waals surface area contributed by atoms with Gasteiger partial charge in [-0.15, -0.1) is 0 Å². The van der Waals surface area contributed by atoms with E-state index in [0.29, 0.717) is 13.0 Å². The van der Waals surface area contributed by atoms with Crippen LogP contribution in [0.5, 0.6) is 0 Å². The summed E-state index contributed by atoms with van der Waals surface area (Å²) in [7, 11) is 3.96. The van der Waals surface area contributed by atoms with Crippen molar-refractivity contribution >= 4 is 11.7 Å². The lowest BCUT2D eigenvalue weighted by atomic mass is 9.71. The maximum atomic E-state index is 14.1. The van der Waals surface area contributed by atoms with Gasteiger partial charge in [0.1, 0.15) is 17.5 Å². The molecule has 1 N–H and O–H groups in total. The number of nitrogens with one attached hydrogen (secondary N) is 1. The number of aryl methyl sites for hydroxylation is 1. The summed E-state index contributed by atoms with van der Waals surface area (Å²) in [6.45, 7) is 7.26. The first-order chi connectivity index (χ1) is 15.7. The van der Waals surface area contributed by atoms with E-state index in [-0.39, 0.29) is 17.1 Å². The Hall–Kier alpha value is -2.54. The molecule has 0 bridgehead atoms. The van der Waals surface area contributed by atoms with Crippen molar-refractivity contribution in [1.82, 2.24) is 19.8 Å². The van der Waals surface area contributed by atoms with Gasteiger partial charge in [0.25, 0.3) is 0 Å². The normalized spacial score (nSPS) is 23.4. The third-order valence-electron chi connectivity index (χ3n) is 7.46. The number of halogens is 1. The van der Waals surface area contributed by atoms with E-state index in [0.717, 1.165) is 68.2 Å². The average molecular weight is 454 g/mol. The minimum Gasteiger partial charge on any atom is -0.373 e. The highest BCUT2D eigenvalue weighted by atomic mass is 19.1. The molecule has 33 heavy (non-hydrogen) atoms. The molecule has 1 aromatic carbocycles. The van der Waals surface area contributed by atoms with Crippen molar-refractivity contribution in [2.24, 2.45) is 5.41 Å². The number of benzene rings is 1. The van der Waals surface area contributed by atoms with E-state index in [1.54, 1.807) is 12.1 Å². The predicted molar refractivity (Wildman–Crippen MR) is 129 cm³/mol. The van der Waals surface area contributed by atoms with Gasteiger partial charge >= 0.3 is 0 Å². The number of piperidine rings is 2. The molecule has 0 unspecified atom stereocenters. The van der Waals surface area contributed by atoms with Crippen LogP contribution in [-0.2, 0) is 16.6 Å². The zero-order valence-corrected chi connectivity index (χ0v) is 20.3. The number of hydrogen-bond acceptors (Lipinski definition) is 5. The van der Waals surface area contributed by atoms with Gasteiger partial charge in [-0.3, -0.25) is 4.79 Å². The van der Waals surface area contributed by atoms with Crippen LogP contribution < -0.4 is 5.32 Å². The van der Waals surface area contributed by atoms with Crippen LogP contribution in [0.4, 0.5) is 10.2 Å². The van der Waals surface area contributed by atoms with Gasteiger partial charge in [0.05, 0.1) is 5.41 Å². The Bertz CT molecular complexity index is 1000. The van der Waals surface area contributed by atoms with E-state index in [1.807, 2.05) is 31.0 Å². The molecule has 4 rings (SSSR count). The molecule has 0 aliphatic carbocycles. The minimum atomic E-state index is -0.498. The molecule has 6 nitrogen and oxygen atoms in total. The molecule has 1 aromatic heterocycles. The smallest absolute Gasteiger partial charge is 0.229 e. The fourth-order valence-corrected chi connectivity index (χ4v) is 5.45. The maximum Gasteiger partial charge on any atom is 0.229 e. The number of anilines is 1. The van der Waals surface area contributed by atoms with E-state index in [9.17, 15) is 9.18 Å². The maximum absolute atomic E-state index is 14.1. The van der Waals surface area contributed by atoms with E-state index < -0.39 is 5.41 Å². The van der Waals surface area contributed by atoms with Gasteiger partial charge < -0.3 is 15.1 Å². The largest absolute Gasteiger partial charge is 0.373 e. The van der Waals surface area contributed by atoms with Crippen molar-refractivity contribution in [2.75, 3.05) is 45.6 Å². The summed E-state index contributed by atoms with van der Waals surface area (Å²) in [4.78, 5) is 28.0.